The molecule has 0 N–H and O–H groups in total. The molecule has 0 saturated carbocycles. The fraction of sp³-hybridized carbons (Fsp3) is 0.111. The minimum Gasteiger partial charge on any atom is -0.491 e. The van der Waals surface area contributed by atoms with Crippen molar-refractivity contribution in [2.45, 2.75) is 13.3 Å². The Hall–Kier alpha value is -4.44. The van der Waals surface area contributed by atoms with Crippen molar-refractivity contribution in [2.24, 2.45) is 0 Å². The largest absolute Gasteiger partial charge is 0.491 e. The average Bonchev–Trinajstić information content (AvgIpc) is 2.99. The molecule has 4 aromatic carbocycles. The van der Waals surface area contributed by atoms with Crippen molar-refractivity contribution in [1.29, 1.82) is 0 Å². The molecule has 0 atom stereocenters. The minimum absolute atomic E-state index is 0.495. The Kier molecular flexibility index (Phi) is 8.30. The average molecular weight is 652 g/mol. The number of ether oxygens (including phenoxy) is 1. The molecule has 0 bridgehead atoms. The van der Waals surface area contributed by atoms with Crippen LogP contribution in [-0.2, 0) is 6.42 Å². The van der Waals surface area contributed by atoms with Gasteiger partial charge in [-0.05, 0) is 6.92 Å². The molecular formula is C27H8F16O. The van der Waals surface area contributed by atoms with E-state index in [0.717, 1.165) is 0 Å². The maximum Gasteiger partial charge on any atom is 0.204 e. The molecule has 1 nitrogen and oxygen atoms in total. The van der Waals surface area contributed by atoms with Gasteiger partial charge >= 0.3 is 0 Å². The van der Waals surface area contributed by atoms with Crippen molar-refractivity contribution >= 4 is 0 Å². The molecule has 0 radical (unpaired) electrons. The fourth-order valence-corrected chi connectivity index (χ4v) is 4.25. The van der Waals surface area contributed by atoms with Gasteiger partial charge < -0.3 is 4.74 Å². The molecule has 0 unspecified atom stereocenters. The molecule has 17 heteroatoms. The maximum atomic E-state index is 14.9. The molecule has 0 spiro atoms. The van der Waals surface area contributed by atoms with E-state index in [1.165, 1.54) is 0 Å². The van der Waals surface area contributed by atoms with Gasteiger partial charge in [-0.3, -0.25) is 0 Å². The minimum atomic E-state index is -2.81. The molecule has 0 aliphatic rings. The Balaban J connectivity index is 1.96. The van der Waals surface area contributed by atoms with Gasteiger partial charge in [0.1, 0.15) is 0 Å². The first kappa shape index (κ1) is 32.5. The molecule has 4 aromatic rings. The van der Waals surface area contributed by atoms with E-state index < -0.39 is 144 Å². The zero-order valence-corrected chi connectivity index (χ0v) is 21.2. The van der Waals surface area contributed by atoms with Crippen LogP contribution in [0.25, 0.3) is 22.3 Å². The second kappa shape index (κ2) is 11.2. The third kappa shape index (κ3) is 4.51. The first-order valence-electron chi connectivity index (χ1n) is 11.3. The van der Waals surface area contributed by atoms with E-state index in [0.29, 0.717) is 14.0 Å². The van der Waals surface area contributed by atoms with Gasteiger partial charge in [-0.2, -0.15) is 8.78 Å². The van der Waals surface area contributed by atoms with E-state index in [9.17, 15) is 70.2 Å². The molecule has 44 heavy (non-hydrogen) atoms. The molecule has 4 rings (SSSR count). The van der Waals surface area contributed by atoms with Crippen LogP contribution in [0.15, 0.2) is 0 Å². The van der Waals surface area contributed by atoms with Crippen LogP contribution in [0.1, 0.15) is 16.7 Å². The standard InChI is InChI=1S/C27H8F16O/c1-4-11(28)17(34)7(18(35)12(4)29)8-19(36)13(30)5(14(31)20(8)37)3-6-15(32)21(38)9(22(39)16(6)33)10-23(40)25(42)27(44-2)26(43)24(10)41/h3H2,1-2H3. The normalized spacial score (nSPS) is 11.5. The van der Waals surface area contributed by atoms with E-state index in [1.807, 2.05) is 0 Å². The molecule has 0 fully saturated rings. The first-order chi connectivity index (χ1) is 20.4. The highest BCUT2D eigenvalue weighted by Crippen LogP contribution is 2.42. The highest BCUT2D eigenvalue weighted by molar-refractivity contribution is 5.70. The Bertz CT molecular complexity index is 1780. The lowest BCUT2D eigenvalue weighted by Crippen LogP contribution is -2.14. The number of benzene rings is 4. The summed E-state index contributed by atoms with van der Waals surface area (Å²) >= 11 is 0. The topological polar surface area (TPSA) is 9.23 Å². The predicted molar refractivity (Wildman–Crippen MR) is 117 cm³/mol. The summed E-state index contributed by atoms with van der Waals surface area (Å²) in [4.78, 5) is 0. The van der Waals surface area contributed by atoms with Crippen LogP contribution >= 0.6 is 0 Å². The molecule has 0 heterocycles. The third-order valence-corrected chi connectivity index (χ3v) is 6.47. The Morgan fingerprint density at radius 1 is 0.341 bits per heavy atom. The van der Waals surface area contributed by atoms with Crippen LogP contribution in [0.4, 0.5) is 70.2 Å². The van der Waals surface area contributed by atoms with Crippen LogP contribution in [-0.4, -0.2) is 7.11 Å². The van der Waals surface area contributed by atoms with Crippen LogP contribution in [0.3, 0.4) is 0 Å². The number of rotatable bonds is 5. The van der Waals surface area contributed by atoms with Gasteiger partial charge in [0.05, 0.1) is 29.4 Å². The summed E-state index contributed by atoms with van der Waals surface area (Å²) in [7, 11) is 0.524. The van der Waals surface area contributed by atoms with Crippen molar-refractivity contribution in [2.75, 3.05) is 7.11 Å². The van der Waals surface area contributed by atoms with E-state index in [1.54, 1.807) is 0 Å². The zero-order chi connectivity index (χ0) is 33.3. The lowest BCUT2D eigenvalue weighted by atomic mass is 9.93. The second-order valence-electron chi connectivity index (χ2n) is 8.82. The van der Waals surface area contributed by atoms with Gasteiger partial charge in [-0.25, -0.2) is 61.5 Å². The summed E-state index contributed by atoms with van der Waals surface area (Å²) in [5, 5.41) is 0. The molecule has 0 amide bonds. The van der Waals surface area contributed by atoms with Crippen molar-refractivity contribution in [3.05, 3.63) is 110 Å². The van der Waals surface area contributed by atoms with E-state index in [2.05, 4.69) is 4.74 Å². The zero-order valence-electron chi connectivity index (χ0n) is 21.2. The summed E-state index contributed by atoms with van der Waals surface area (Å²) in [5.41, 5.74) is -14.9. The molecule has 0 saturated heterocycles. The van der Waals surface area contributed by atoms with Crippen molar-refractivity contribution in [3.63, 3.8) is 0 Å². The van der Waals surface area contributed by atoms with Gasteiger partial charge in [-0.15, -0.1) is 0 Å². The smallest absolute Gasteiger partial charge is 0.204 e. The summed E-state index contributed by atoms with van der Waals surface area (Å²) < 4.78 is 236. The lowest BCUT2D eigenvalue weighted by Gasteiger charge is -2.17. The molecule has 0 aromatic heterocycles. The quantitative estimate of drug-likeness (QED) is 0.154. The Morgan fingerprint density at radius 3 is 0.818 bits per heavy atom. The highest BCUT2D eigenvalue weighted by Gasteiger charge is 2.37. The number of methoxy groups -OCH3 is 1. The van der Waals surface area contributed by atoms with Crippen molar-refractivity contribution < 1.29 is 75.0 Å². The van der Waals surface area contributed by atoms with Crippen LogP contribution in [0.5, 0.6) is 5.75 Å². The number of hydrogen-bond acceptors (Lipinski definition) is 1. The third-order valence-electron chi connectivity index (χ3n) is 6.47. The number of hydrogen-bond donors (Lipinski definition) is 0. The van der Waals surface area contributed by atoms with Gasteiger partial charge in [0.25, 0.3) is 0 Å². The monoisotopic (exact) mass is 652 g/mol. The highest BCUT2D eigenvalue weighted by atomic mass is 19.2. The summed E-state index contributed by atoms with van der Waals surface area (Å²) in [6.07, 6.45) is -2.17. The SMILES string of the molecule is COc1c(F)c(F)c(-c2c(F)c(F)c(Cc3c(F)c(F)c(-c4c(F)c(F)c(C)c(F)c4F)c(F)c3F)c(F)c2F)c(F)c1F. The summed E-state index contributed by atoms with van der Waals surface area (Å²) in [6, 6.07) is 0. The molecule has 0 aliphatic carbocycles. The van der Waals surface area contributed by atoms with Gasteiger partial charge in [0.15, 0.2) is 87.2 Å². The van der Waals surface area contributed by atoms with Crippen molar-refractivity contribution in [1.82, 2.24) is 0 Å². The van der Waals surface area contributed by atoms with Crippen LogP contribution < -0.4 is 4.74 Å². The first-order valence-corrected chi connectivity index (χ1v) is 11.3. The molecule has 234 valence electrons. The summed E-state index contributed by atoms with van der Waals surface area (Å²) in [6.45, 7) is 0.495. The number of halogens is 16. The summed E-state index contributed by atoms with van der Waals surface area (Å²) in [5.74, 6) is -43.3. The Morgan fingerprint density at radius 2 is 0.568 bits per heavy atom. The second-order valence-corrected chi connectivity index (χ2v) is 8.82. The van der Waals surface area contributed by atoms with Gasteiger partial charge in [0, 0.05) is 23.1 Å². The molecule has 0 aliphatic heterocycles. The van der Waals surface area contributed by atoms with E-state index >= 15 is 0 Å². The fourth-order valence-electron chi connectivity index (χ4n) is 4.25. The maximum absolute atomic E-state index is 14.9. The van der Waals surface area contributed by atoms with Crippen molar-refractivity contribution in [3.8, 4) is 28.0 Å². The van der Waals surface area contributed by atoms with Gasteiger partial charge in [-0.1, -0.05) is 0 Å². The van der Waals surface area contributed by atoms with Crippen LogP contribution in [0, 0.1) is 100.0 Å². The Labute approximate surface area is 233 Å². The van der Waals surface area contributed by atoms with E-state index in [4.69, 9.17) is 0 Å². The molecular weight excluding hydrogens is 644 g/mol. The lowest BCUT2D eigenvalue weighted by molar-refractivity contribution is 0.333. The van der Waals surface area contributed by atoms with Gasteiger partial charge in [0.2, 0.25) is 11.6 Å². The van der Waals surface area contributed by atoms with E-state index in [-0.39, 0.29) is 0 Å². The predicted octanol–water partition coefficient (Wildman–Crippen LogP) is 9.15. The van der Waals surface area contributed by atoms with Crippen LogP contribution in [0.2, 0.25) is 0 Å².